The normalized spacial score (nSPS) is 11.5. The monoisotopic (exact) mass is 295 g/mol. The van der Waals surface area contributed by atoms with Crippen molar-refractivity contribution in [3.8, 4) is 0 Å². The highest BCUT2D eigenvalue weighted by Crippen LogP contribution is 2.34. The van der Waals surface area contributed by atoms with E-state index in [4.69, 9.17) is 4.74 Å². The summed E-state index contributed by atoms with van der Waals surface area (Å²) < 4.78 is 7.45. The lowest BCUT2D eigenvalue weighted by molar-refractivity contribution is 0.0526. The number of aromatic nitrogens is 1. The van der Waals surface area contributed by atoms with Crippen LogP contribution in [0.1, 0.15) is 42.7 Å². The maximum absolute atomic E-state index is 12.1. The fraction of sp³-hybridized carbons (Fsp3) is 0.316. The molecular formula is C19H21NO2. The molecule has 0 saturated carbocycles. The number of benzene rings is 2. The minimum atomic E-state index is -0.256. The van der Waals surface area contributed by atoms with Gasteiger partial charge in [0.05, 0.1) is 17.7 Å². The van der Waals surface area contributed by atoms with E-state index in [2.05, 4.69) is 49.6 Å². The number of carbonyl (C=O) groups is 1. The van der Waals surface area contributed by atoms with Gasteiger partial charge in [0.25, 0.3) is 0 Å². The smallest absolute Gasteiger partial charge is 0.338 e. The second-order valence-corrected chi connectivity index (χ2v) is 5.89. The molecule has 3 nitrogen and oxygen atoms in total. The van der Waals surface area contributed by atoms with Crippen LogP contribution in [0, 0.1) is 6.92 Å². The van der Waals surface area contributed by atoms with Crippen LogP contribution in [0.4, 0.5) is 0 Å². The van der Waals surface area contributed by atoms with Crippen molar-refractivity contribution in [3.05, 3.63) is 47.5 Å². The number of ether oxygens (including phenoxy) is 1. The van der Waals surface area contributed by atoms with Gasteiger partial charge in [0.15, 0.2) is 0 Å². The molecule has 0 amide bonds. The van der Waals surface area contributed by atoms with Crippen molar-refractivity contribution in [1.29, 1.82) is 0 Å². The van der Waals surface area contributed by atoms with E-state index in [1.54, 1.807) is 0 Å². The molecule has 0 aliphatic carbocycles. The second kappa shape index (κ2) is 5.48. The van der Waals surface area contributed by atoms with Crippen LogP contribution in [0.2, 0.25) is 0 Å². The Kier molecular flexibility index (Phi) is 3.65. The van der Waals surface area contributed by atoms with E-state index >= 15 is 0 Å². The fourth-order valence-electron chi connectivity index (χ4n) is 3.22. The Morgan fingerprint density at radius 2 is 1.91 bits per heavy atom. The number of hydrogen-bond donors (Lipinski definition) is 0. The predicted octanol–water partition coefficient (Wildman–Crippen LogP) is 4.86. The first-order valence-corrected chi connectivity index (χ1v) is 7.75. The van der Waals surface area contributed by atoms with Gasteiger partial charge in [0, 0.05) is 22.3 Å². The molecule has 2 aromatic carbocycles. The Labute approximate surface area is 130 Å². The van der Waals surface area contributed by atoms with Gasteiger partial charge in [-0.25, -0.2) is 4.79 Å². The topological polar surface area (TPSA) is 31.2 Å². The summed E-state index contributed by atoms with van der Waals surface area (Å²) in [4.78, 5) is 12.1. The molecule has 0 bridgehead atoms. The van der Waals surface area contributed by atoms with Crippen molar-refractivity contribution in [1.82, 2.24) is 4.57 Å². The average molecular weight is 295 g/mol. The van der Waals surface area contributed by atoms with Crippen LogP contribution in [-0.2, 0) is 4.74 Å². The second-order valence-electron chi connectivity index (χ2n) is 5.89. The maximum atomic E-state index is 12.1. The number of aryl methyl sites for hydroxylation is 1. The molecule has 0 N–H and O–H groups in total. The van der Waals surface area contributed by atoms with Crippen LogP contribution in [0.5, 0.6) is 0 Å². The van der Waals surface area contributed by atoms with Gasteiger partial charge < -0.3 is 9.30 Å². The van der Waals surface area contributed by atoms with E-state index in [0.717, 1.165) is 11.1 Å². The Morgan fingerprint density at radius 3 is 2.59 bits per heavy atom. The molecule has 0 aliphatic heterocycles. The van der Waals surface area contributed by atoms with Gasteiger partial charge in [-0.3, -0.25) is 0 Å². The first-order chi connectivity index (χ1) is 10.5. The van der Waals surface area contributed by atoms with Crippen LogP contribution in [0.3, 0.4) is 0 Å². The van der Waals surface area contributed by atoms with Crippen LogP contribution >= 0.6 is 0 Å². The van der Waals surface area contributed by atoms with Crippen molar-refractivity contribution >= 4 is 27.8 Å². The number of para-hydroxylation sites is 1. The zero-order chi connectivity index (χ0) is 15.9. The number of hydrogen-bond acceptors (Lipinski definition) is 2. The lowest BCUT2D eigenvalue weighted by Crippen LogP contribution is -2.06. The summed E-state index contributed by atoms with van der Waals surface area (Å²) in [5.41, 5.74) is 4.03. The van der Waals surface area contributed by atoms with Gasteiger partial charge in [-0.15, -0.1) is 0 Å². The zero-order valence-electron chi connectivity index (χ0n) is 13.5. The molecule has 1 heterocycles. The molecule has 0 spiro atoms. The fourth-order valence-corrected chi connectivity index (χ4v) is 3.22. The highest BCUT2D eigenvalue weighted by molar-refractivity contribution is 6.11. The molecule has 0 aliphatic rings. The Hall–Kier alpha value is -2.29. The first-order valence-electron chi connectivity index (χ1n) is 7.75. The summed E-state index contributed by atoms with van der Waals surface area (Å²) in [7, 11) is 0. The summed E-state index contributed by atoms with van der Waals surface area (Å²) in [6.45, 7) is 8.61. The number of rotatable bonds is 3. The molecule has 3 heteroatoms. The van der Waals surface area contributed by atoms with E-state index in [9.17, 15) is 4.79 Å². The molecule has 1 aromatic heterocycles. The summed E-state index contributed by atoms with van der Waals surface area (Å²) in [6.07, 6.45) is 0. The minimum Gasteiger partial charge on any atom is -0.462 e. The first kappa shape index (κ1) is 14.6. The van der Waals surface area contributed by atoms with Crippen molar-refractivity contribution in [3.63, 3.8) is 0 Å². The number of nitrogens with zero attached hydrogens (tertiary/aromatic N) is 1. The highest BCUT2D eigenvalue weighted by Gasteiger charge is 2.17. The largest absolute Gasteiger partial charge is 0.462 e. The summed E-state index contributed by atoms with van der Waals surface area (Å²) in [6, 6.07) is 12.6. The van der Waals surface area contributed by atoms with E-state index in [1.165, 1.54) is 16.3 Å². The Balaban J connectivity index is 2.39. The Bertz CT molecular complexity index is 859. The van der Waals surface area contributed by atoms with Crippen LogP contribution in [0.15, 0.2) is 36.4 Å². The third-order valence-electron chi connectivity index (χ3n) is 4.03. The predicted molar refractivity (Wildman–Crippen MR) is 90.5 cm³/mol. The van der Waals surface area contributed by atoms with Gasteiger partial charge in [0.2, 0.25) is 0 Å². The van der Waals surface area contributed by atoms with Crippen LogP contribution in [0.25, 0.3) is 21.8 Å². The van der Waals surface area contributed by atoms with Crippen molar-refractivity contribution < 1.29 is 9.53 Å². The van der Waals surface area contributed by atoms with Crippen molar-refractivity contribution in [2.75, 3.05) is 6.61 Å². The van der Waals surface area contributed by atoms with Crippen molar-refractivity contribution in [2.45, 2.75) is 33.7 Å². The quantitative estimate of drug-likeness (QED) is 0.646. The van der Waals surface area contributed by atoms with Gasteiger partial charge in [-0.1, -0.05) is 18.2 Å². The van der Waals surface area contributed by atoms with E-state index in [-0.39, 0.29) is 5.97 Å². The van der Waals surface area contributed by atoms with Gasteiger partial charge in [-0.2, -0.15) is 0 Å². The lowest BCUT2D eigenvalue weighted by atomic mass is 10.0. The van der Waals surface area contributed by atoms with E-state index in [0.29, 0.717) is 18.2 Å². The molecule has 3 aromatic rings. The number of fused-ring (bicyclic) bond motifs is 3. The molecule has 0 fully saturated rings. The highest BCUT2D eigenvalue weighted by atomic mass is 16.5. The SMILES string of the molecule is CCOC(=O)c1cc(C)c2c3ccccc3n(C(C)C)c2c1. The van der Waals surface area contributed by atoms with Crippen LogP contribution < -0.4 is 0 Å². The number of carbonyl (C=O) groups excluding carboxylic acids is 1. The molecule has 114 valence electrons. The molecule has 3 rings (SSSR count). The van der Waals surface area contributed by atoms with Gasteiger partial charge >= 0.3 is 5.97 Å². The molecule has 0 radical (unpaired) electrons. The number of esters is 1. The third kappa shape index (κ3) is 2.17. The zero-order valence-corrected chi connectivity index (χ0v) is 13.5. The summed E-state index contributed by atoms with van der Waals surface area (Å²) in [5.74, 6) is -0.256. The molecular weight excluding hydrogens is 274 g/mol. The summed E-state index contributed by atoms with van der Waals surface area (Å²) >= 11 is 0. The standard InChI is InChI=1S/C19H21NO2/c1-5-22-19(21)14-10-13(4)18-15-8-6-7-9-16(15)20(12(2)3)17(18)11-14/h6-12H,5H2,1-4H3. The molecule has 22 heavy (non-hydrogen) atoms. The molecule has 0 atom stereocenters. The Morgan fingerprint density at radius 1 is 1.18 bits per heavy atom. The average Bonchev–Trinajstić information content (AvgIpc) is 2.82. The van der Waals surface area contributed by atoms with E-state index in [1.807, 2.05) is 19.1 Å². The van der Waals surface area contributed by atoms with Gasteiger partial charge in [-0.05, 0) is 51.5 Å². The van der Waals surface area contributed by atoms with Crippen LogP contribution in [-0.4, -0.2) is 17.1 Å². The lowest BCUT2D eigenvalue weighted by Gasteiger charge is -2.12. The van der Waals surface area contributed by atoms with Crippen molar-refractivity contribution in [2.24, 2.45) is 0 Å². The third-order valence-corrected chi connectivity index (χ3v) is 4.03. The molecule has 0 saturated heterocycles. The van der Waals surface area contributed by atoms with Gasteiger partial charge in [0.1, 0.15) is 0 Å². The molecule has 0 unspecified atom stereocenters. The minimum absolute atomic E-state index is 0.256. The summed E-state index contributed by atoms with van der Waals surface area (Å²) in [5, 5.41) is 2.46. The maximum Gasteiger partial charge on any atom is 0.338 e. The van der Waals surface area contributed by atoms with E-state index < -0.39 is 0 Å².